The molecule has 0 N–H and O–H groups in total. The van der Waals surface area contributed by atoms with Crippen LogP contribution in [0, 0.1) is 0 Å². The number of carbonyl (C=O) groups is 1. The number of benzene rings is 2. The van der Waals surface area contributed by atoms with Gasteiger partial charge in [-0.1, -0.05) is 49.8 Å². The zero-order chi connectivity index (χ0) is 19.2. The number of fused-ring (bicyclic) bond motifs is 1. The number of carbonyl (C=O) groups excluding carboxylic acids is 1. The summed E-state index contributed by atoms with van der Waals surface area (Å²) in [5.74, 6) is 0.117. The Morgan fingerprint density at radius 3 is 2.56 bits per heavy atom. The summed E-state index contributed by atoms with van der Waals surface area (Å²) in [5.41, 5.74) is 2.36. The van der Waals surface area contributed by atoms with Gasteiger partial charge in [0.05, 0.1) is 17.6 Å². The molecular weight excluding hydrogens is 340 g/mol. The number of ether oxygens (including phenoxy) is 1. The van der Waals surface area contributed by atoms with E-state index in [1.54, 1.807) is 25.1 Å². The number of rotatable bonds is 6. The molecule has 0 atom stereocenters. The molecule has 2 aromatic carbocycles. The van der Waals surface area contributed by atoms with Crippen molar-refractivity contribution in [2.24, 2.45) is 0 Å². The van der Waals surface area contributed by atoms with Crippen LogP contribution in [0.5, 0.6) is 0 Å². The molecule has 3 rings (SSSR count). The lowest BCUT2D eigenvalue weighted by Crippen LogP contribution is -2.12. The quantitative estimate of drug-likeness (QED) is 0.573. The van der Waals surface area contributed by atoms with Crippen molar-refractivity contribution in [1.29, 1.82) is 0 Å². The molecular formula is C23H22O4. The third kappa shape index (κ3) is 4.17. The van der Waals surface area contributed by atoms with E-state index in [-0.39, 0.29) is 12.0 Å². The second kappa shape index (κ2) is 8.49. The zero-order valence-corrected chi connectivity index (χ0v) is 15.5. The zero-order valence-electron chi connectivity index (χ0n) is 15.5. The molecule has 0 bridgehead atoms. The van der Waals surface area contributed by atoms with Crippen molar-refractivity contribution in [2.45, 2.75) is 26.7 Å². The first-order valence-corrected chi connectivity index (χ1v) is 9.14. The molecule has 0 saturated carbocycles. The van der Waals surface area contributed by atoms with Gasteiger partial charge in [0.1, 0.15) is 11.3 Å². The van der Waals surface area contributed by atoms with E-state index in [9.17, 15) is 9.59 Å². The maximum atomic E-state index is 13.0. The monoisotopic (exact) mass is 362 g/mol. The fraction of sp³-hybridized carbons (Fsp3) is 0.217. The molecule has 0 spiro atoms. The van der Waals surface area contributed by atoms with Gasteiger partial charge in [-0.05, 0) is 43.2 Å². The van der Waals surface area contributed by atoms with E-state index in [1.807, 2.05) is 49.4 Å². The third-order valence-corrected chi connectivity index (χ3v) is 4.25. The second-order valence-electron chi connectivity index (χ2n) is 6.20. The molecule has 0 aliphatic rings. The van der Waals surface area contributed by atoms with Gasteiger partial charge in [0.25, 0.3) is 0 Å². The van der Waals surface area contributed by atoms with Crippen LogP contribution in [0.3, 0.4) is 0 Å². The van der Waals surface area contributed by atoms with Crippen LogP contribution in [0.1, 0.15) is 47.5 Å². The molecule has 3 aromatic rings. The van der Waals surface area contributed by atoms with Crippen LogP contribution in [0.15, 0.2) is 57.7 Å². The van der Waals surface area contributed by atoms with Crippen molar-refractivity contribution in [2.75, 3.05) is 6.61 Å². The highest BCUT2D eigenvalue weighted by Crippen LogP contribution is 2.21. The van der Waals surface area contributed by atoms with Crippen LogP contribution in [0.4, 0.5) is 0 Å². The fourth-order valence-electron chi connectivity index (χ4n) is 2.95. The standard InChI is InChI=1S/C23H22O4/c1-3-8-18-20(13-11-16-9-6-5-7-10-16)27-21-14-12-17(23(25)26-4-2)15-19(21)22(18)24/h5-7,9-15H,3-4,8H2,1-2H3/b13-11-. The first kappa shape index (κ1) is 18.6. The minimum Gasteiger partial charge on any atom is -0.462 e. The molecule has 0 aliphatic heterocycles. The summed E-state index contributed by atoms with van der Waals surface area (Å²) in [7, 11) is 0. The number of hydrogen-bond donors (Lipinski definition) is 0. The molecule has 1 heterocycles. The molecule has 0 aliphatic carbocycles. The molecule has 0 saturated heterocycles. The van der Waals surface area contributed by atoms with Crippen LogP contribution in [0.2, 0.25) is 0 Å². The highest BCUT2D eigenvalue weighted by molar-refractivity contribution is 5.94. The Hall–Kier alpha value is -3.14. The van der Waals surface area contributed by atoms with E-state index in [1.165, 1.54) is 0 Å². The van der Waals surface area contributed by atoms with Gasteiger partial charge < -0.3 is 9.15 Å². The Bertz CT molecular complexity index is 1030. The molecule has 0 radical (unpaired) electrons. The normalized spacial score (nSPS) is 11.2. The summed E-state index contributed by atoms with van der Waals surface area (Å²) >= 11 is 0. The molecule has 0 fully saturated rings. The smallest absolute Gasteiger partial charge is 0.338 e. The molecule has 4 nitrogen and oxygen atoms in total. The summed E-state index contributed by atoms with van der Waals surface area (Å²) in [4.78, 5) is 25.0. The van der Waals surface area contributed by atoms with E-state index in [0.717, 1.165) is 12.0 Å². The average molecular weight is 362 g/mol. The Morgan fingerprint density at radius 1 is 1.07 bits per heavy atom. The lowest BCUT2D eigenvalue weighted by molar-refractivity contribution is 0.0526. The van der Waals surface area contributed by atoms with Gasteiger partial charge in [-0.2, -0.15) is 0 Å². The van der Waals surface area contributed by atoms with Gasteiger partial charge in [0.2, 0.25) is 0 Å². The van der Waals surface area contributed by atoms with Gasteiger partial charge >= 0.3 is 5.97 Å². The first-order chi connectivity index (χ1) is 13.1. The number of esters is 1. The Labute approximate surface area is 158 Å². The lowest BCUT2D eigenvalue weighted by Gasteiger charge is -2.08. The van der Waals surface area contributed by atoms with Gasteiger partial charge in [-0.3, -0.25) is 4.79 Å². The van der Waals surface area contributed by atoms with Crippen molar-refractivity contribution in [1.82, 2.24) is 0 Å². The van der Waals surface area contributed by atoms with Gasteiger partial charge in [0, 0.05) is 5.56 Å². The largest absolute Gasteiger partial charge is 0.462 e. The van der Waals surface area contributed by atoms with Crippen LogP contribution in [0.25, 0.3) is 23.1 Å². The average Bonchev–Trinajstić information content (AvgIpc) is 2.69. The summed E-state index contributed by atoms with van der Waals surface area (Å²) in [5, 5.41) is 0.404. The predicted molar refractivity (Wildman–Crippen MR) is 108 cm³/mol. The molecule has 1 aromatic heterocycles. The Kier molecular flexibility index (Phi) is 5.87. The van der Waals surface area contributed by atoms with Gasteiger partial charge in [-0.25, -0.2) is 4.79 Å². The predicted octanol–water partition coefficient (Wildman–Crippen LogP) is 5.09. The summed E-state index contributed by atoms with van der Waals surface area (Å²) < 4.78 is 11.0. The molecule has 27 heavy (non-hydrogen) atoms. The van der Waals surface area contributed by atoms with Crippen LogP contribution >= 0.6 is 0 Å². The topological polar surface area (TPSA) is 56.5 Å². The van der Waals surface area contributed by atoms with Gasteiger partial charge in [-0.15, -0.1) is 0 Å². The van der Waals surface area contributed by atoms with Crippen molar-refractivity contribution in [3.8, 4) is 0 Å². The van der Waals surface area contributed by atoms with Crippen LogP contribution in [-0.4, -0.2) is 12.6 Å². The molecule has 138 valence electrons. The van der Waals surface area contributed by atoms with Gasteiger partial charge in [0.15, 0.2) is 5.43 Å². The van der Waals surface area contributed by atoms with Crippen molar-refractivity contribution < 1.29 is 13.9 Å². The number of hydrogen-bond acceptors (Lipinski definition) is 4. The van der Waals surface area contributed by atoms with Crippen molar-refractivity contribution in [3.05, 3.63) is 81.2 Å². The van der Waals surface area contributed by atoms with Crippen LogP contribution < -0.4 is 5.43 Å². The maximum Gasteiger partial charge on any atom is 0.338 e. The maximum absolute atomic E-state index is 13.0. The van der Waals surface area contributed by atoms with E-state index >= 15 is 0 Å². The summed E-state index contributed by atoms with van der Waals surface area (Å²) in [6.45, 7) is 4.05. The molecule has 0 unspecified atom stereocenters. The first-order valence-electron chi connectivity index (χ1n) is 9.14. The Balaban J connectivity index is 2.10. The van der Waals surface area contributed by atoms with E-state index in [4.69, 9.17) is 9.15 Å². The Morgan fingerprint density at radius 2 is 1.85 bits per heavy atom. The molecule has 0 amide bonds. The van der Waals surface area contributed by atoms with Crippen LogP contribution in [-0.2, 0) is 11.2 Å². The van der Waals surface area contributed by atoms with E-state index < -0.39 is 5.97 Å². The molecule has 4 heteroatoms. The van der Waals surface area contributed by atoms with E-state index in [2.05, 4.69) is 0 Å². The minimum absolute atomic E-state index is 0.100. The fourth-order valence-corrected chi connectivity index (χ4v) is 2.95. The highest BCUT2D eigenvalue weighted by Gasteiger charge is 2.15. The van der Waals surface area contributed by atoms with Crippen molar-refractivity contribution >= 4 is 29.1 Å². The highest BCUT2D eigenvalue weighted by atomic mass is 16.5. The lowest BCUT2D eigenvalue weighted by atomic mass is 10.0. The van der Waals surface area contributed by atoms with E-state index in [0.29, 0.717) is 34.3 Å². The summed E-state index contributed by atoms with van der Waals surface area (Å²) in [6.07, 6.45) is 5.19. The minimum atomic E-state index is -0.441. The SMILES string of the molecule is CCCc1c(/C=C\c2ccccc2)oc2ccc(C(=O)OCC)cc2c1=O. The van der Waals surface area contributed by atoms with Crippen molar-refractivity contribution in [3.63, 3.8) is 0 Å². The third-order valence-electron chi connectivity index (χ3n) is 4.25. The second-order valence-corrected chi connectivity index (χ2v) is 6.20. The summed E-state index contributed by atoms with van der Waals surface area (Å²) in [6, 6.07) is 14.7.